The number of rotatable bonds is 8. The summed E-state index contributed by atoms with van der Waals surface area (Å²) in [5.41, 5.74) is 1.38. The molecule has 2 unspecified atom stereocenters. The van der Waals surface area contributed by atoms with Gasteiger partial charge in [0.05, 0.1) is 0 Å². The van der Waals surface area contributed by atoms with Crippen molar-refractivity contribution in [1.82, 2.24) is 4.90 Å². The van der Waals surface area contributed by atoms with E-state index >= 15 is 0 Å². The Hall–Kier alpha value is -1.23. The number of Topliss-reactive ketones (excluding diaryl/α,β-unsaturated/α-hetero) is 1. The normalized spacial score (nSPS) is 26.8. The minimum absolute atomic E-state index is 0.219. The average Bonchev–Trinajstić information content (AvgIpc) is 2.63. The summed E-state index contributed by atoms with van der Waals surface area (Å²) in [6, 6.07) is 11.8. The van der Waals surface area contributed by atoms with Crippen molar-refractivity contribution in [2.45, 2.75) is 69.9 Å². The predicted molar refractivity (Wildman–Crippen MR) is 98.2 cm³/mol. The molecule has 0 saturated carbocycles. The third-order valence-electron chi connectivity index (χ3n) is 5.94. The molecule has 2 saturated heterocycles. The van der Waals surface area contributed by atoms with Gasteiger partial charge in [-0.3, -0.25) is 9.69 Å². The first kappa shape index (κ1) is 18.6. The molecule has 1 aromatic carbocycles. The van der Waals surface area contributed by atoms with E-state index < -0.39 is 0 Å². The van der Waals surface area contributed by atoms with Gasteiger partial charge in [-0.1, -0.05) is 36.8 Å². The number of benzene rings is 1. The minimum atomic E-state index is -0.262. The molecule has 2 atom stereocenters. The molecule has 0 spiro atoms. The van der Waals surface area contributed by atoms with Crippen molar-refractivity contribution in [3.63, 3.8) is 0 Å². The average molecular weight is 345 g/mol. The highest BCUT2D eigenvalue weighted by molar-refractivity contribution is 5.81. The molecule has 2 bridgehead atoms. The lowest BCUT2D eigenvalue weighted by Gasteiger charge is -2.48. The summed E-state index contributed by atoms with van der Waals surface area (Å²) in [5, 5.41) is 0. The van der Waals surface area contributed by atoms with Crippen LogP contribution in [0.2, 0.25) is 0 Å². The molecule has 25 heavy (non-hydrogen) atoms. The highest BCUT2D eigenvalue weighted by Gasteiger charge is 2.40. The molecule has 0 aromatic heterocycles. The summed E-state index contributed by atoms with van der Waals surface area (Å²) in [4.78, 5) is 15.4. The molecule has 4 nitrogen and oxygen atoms in total. The largest absolute Gasteiger partial charge is 0.356 e. The molecule has 2 heterocycles. The van der Waals surface area contributed by atoms with Crippen LogP contribution in [-0.2, 0) is 20.8 Å². The lowest BCUT2D eigenvalue weighted by molar-refractivity contribution is -0.133. The number of hydrogen-bond acceptors (Lipinski definition) is 4. The number of ketones is 1. The molecule has 138 valence electrons. The van der Waals surface area contributed by atoms with Crippen molar-refractivity contribution in [3.05, 3.63) is 35.9 Å². The summed E-state index contributed by atoms with van der Waals surface area (Å²) < 4.78 is 10.4. The van der Waals surface area contributed by atoms with Crippen LogP contribution in [0.25, 0.3) is 0 Å². The van der Waals surface area contributed by atoms with Gasteiger partial charge < -0.3 is 9.47 Å². The molecule has 3 rings (SSSR count). The van der Waals surface area contributed by atoms with Gasteiger partial charge in [-0.2, -0.15) is 0 Å². The first-order valence-corrected chi connectivity index (χ1v) is 9.59. The Morgan fingerprint density at radius 2 is 1.76 bits per heavy atom. The van der Waals surface area contributed by atoms with Crippen molar-refractivity contribution >= 4 is 5.78 Å². The summed E-state index contributed by atoms with van der Waals surface area (Å²) in [6.07, 6.45) is 6.76. The van der Waals surface area contributed by atoms with Crippen molar-refractivity contribution in [2.24, 2.45) is 5.92 Å². The van der Waals surface area contributed by atoms with Crippen LogP contribution >= 0.6 is 0 Å². The van der Waals surface area contributed by atoms with E-state index in [0.717, 1.165) is 19.4 Å². The monoisotopic (exact) mass is 345 g/mol. The third kappa shape index (κ3) is 4.69. The van der Waals surface area contributed by atoms with Crippen molar-refractivity contribution in [2.75, 3.05) is 14.2 Å². The van der Waals surface area contributed by atoms with Crippen LogP contribution in [0.3, 0.4) is 0 Å². The number of fused-ring (bicyclic) bond motifs is 2. The Morgan fingerprint density at radius 1 is 1.12 bits per heavy atom. The number of piperidine rings is 2. The molecule has 0 N–H and O–H groups in total. The third-order valence-corrected chi connectivity index (χ3v) is 5.94. The smallest absolute Gasteiger partial charge is 0.157 e. The maximum absolute atomic E-state index is 12.7. The Balaban J connectivity index is 1.58. The maximum Gasteiger partial charge on any atom is 0.157 e. The number of carbonyl (C=O) groups is 1. The molecular formula is C21H31NO3. The lowest BCUT2D eigenvalue weighted by Crippen LogP contribution is -2.52. The zero-order valence-corrected chi connectivity index (χ0v) is 15.5. The van der Waals surface area contributed by atoms with Gasteiger partial charge in [0.2, 0.25) is 0 Å². The first-order valence-electron chi connectivity index (χ1n) is 9.59. The van der Waals surface area contributed by atoms with Crippen LogP contribution < -0.4 is 0 Å². The molecule has 0 amide bonds. The highest BCUT2D eigenvalue weighted by atomic mass is 16.7. The van der Waals surface area contributed by atoms with Crippen LogP contribution in [0.15, 0.2) is 30.3 Å². The molecule has 1 aromatic rings. The predicted octanol–water partition coefficient (Wildman–Crippen LogP) is 3.79. The Labute approximate surface area is 151 Å². The fourth-order valence-corrected chi connectivity index (χ4v) is 4.59. The number of ether oxygens (including phenoxy) is 2. The Bertz CT molecular complexity index is 529. The topological polar surface area (TPSA) is 38.8 Å². The van der Waals surface area contributed by atoms with Crippen molar-refractivity contribution < 1.29 is 14.3 Å². The van der Waals surface area contributed by atoms with Gasteiger partial charge in [-0.25, -0.2) is 0 Å². The summed E-state index contributed by atoms with van der Waals surface area (Å²) >= 11 is 0. The molecular weight excluding hydrogens is 314 g/mol. The fourth-order valence-electron chi connectivity index (χ4n) is 4.59. The van der Waals surface area contributed by atoms with E-state index in [1.54, 1.807) is 14.2 Å². The van der Waals surface area contributed by atoms with Crippen LogP contribution in [-0.4, -0.2) is 43.3 Å². The quantitative estimate of drug-likeness (QED) is 0.672. The van der Waals surface area contributed by atoms with E-state index in [1.807, 2.05) is 0 Å². The SMILES string of the molecule is COC(CCC(=O)C1CC2CCCC(C1)N2Cc1ccccc1)OC. The van der Waals surface area contributed by atoms with Crippen LogP contribution in [0.1, 0.15) is 50.5 Å². The second-order valence-electron chi connectivity index (χ2n) is 7.47. The first-order chi connectivity index (χ1) is 12.2. The van der Waals surface area contributed by atoms with E-state index in [9.17, 15) is 4.79 Å². The van der Waals surface area contributed by atoms with E-state index in [0.29, 0.717) is 30.7 Å². The number of carbonyl (C=O) groups excluding carboxylic acids is 1. The second kappa shape index (κ2) is 8.93. The van der Waals surface area contributed by atoms with Gasteiger partial charge >= 0.3 is 0 Å². The molecule has 0 aliphatic carbocycles. The summed E-state index contributed by atoms with van der Waals surface area (Å²) in [7, 11) is 3.26. The Kier molecular flexibility index (Phi) is 6.63. The van der Waals surface area contributed by atoms with Gasteiger partial charge in [0, 0.05) is 51.6 Å². The molecule has 4 heteroatoms. The van der Waals surface area contributed by atoms with E-state index in [1.165, 1.54) is 24.8 Å². The summed E-state index contributed by atoms with van der Waals surface area (Å²) in [6.45, 7) is 1.02. The van der Waals surface area contributed by atoms with Gasteiger partial charge in [0.1, 0.15) is 5.78 Å². The number of nitrogens with zero attached hydrogens (tertiary/aromatic N) is 1. The van der Waals surface area contributed by atoms with Gasteiger partial charge in [0.15, 0.2) is 6.29 Å². The maximum atomic E-state index is 12.7. The highest BCUT2D eigenvalue weighted by Crippen LogP contribution is 2.38. The minimum Gasteiger partial charge on any atom is -0.356 e. The fraction of sp³-hybridized carbons (Fsp3) is 0.667. The van der Waals surface area contributed by atoms with Gasteiger partial charge in [-0.15, -0.1) is 0 Å². The van der Waals surface area contributed by atoms with Gasteiger partial charge in [0.25, 0.3) is 0 Å². The number of methoxy groups -OCH3 is 2. The molecule has 0 radical (unpaired) electrons. The molecule has 2 aliphatic heterocycles. The van der Waals surface area contributed by atoms with Crippen molar-refractivity contribution in [1.29, 1.82) is 0 Å². The van der Waals surface area contributed by atoms with E-state index in [2.05, 4.69) is 35.2 Å². The van der Waals surface area contributed by atoms with E-state index in [4.69, 9.17) is 9.47 Å². The Morgan fingerprint density at radius 3 is 2.36 bits per heavy atom. The zero-order chi connectivity index (χ0) is 17.6. The van der Waals surface area contributed by atoms with E-state index in [-0.39, 0.29) is 12.2 Å². The van der Waals surface area contributed by atoms with Crippen LogP contribution in [0.4, 0.5) is 0 Å². The zero-order valence-electron chi connectivity index (χ0n) is 15.5. The lowest BCUT2D eigenvalue weighted by atomic mass is 9.76. The van der Waals surface area contributed by atoms with Crippen molar-refractivity contribution in [3.8, 4) is 0 Å². The van der Waals surface area contributed by atoms with Crippen LogP contribution in [0, 0.1) is 5.92 Å². The standard InChI is InChI=1S/C21H31NO3/c1-24-21(25-2)12-11-20(23)17-13-18-9-6-10-19(14-17)22(18)15-16-7-4-3-5-8-16/h3-5,7-8,17-19,21H,6,9-15H2,1-2H3. The molecule has 2 aliphatic rings. The molecule has 2 fully saturated rings. The number of hydrogen-bond donors (Lipinski definition) is 0. The summed E-state index contributed by atoms with van der Waals surface area (Å²) in [5.74, 6) is 0.618. The second-order valence-corrected chi connectivity index (χ2v) is 7.47. The van der Waals surface area contributed by atoms with Crippen LogP contribution in [0.5, 0.6) is 0 Å². The van der Waals surface area contributed by atoms with Gasteiger partial charge in [-0.05, 0) is 31.2 Å².